The lowest BCUT2D eigenvalue weighted by Crippen LogP contribution is -2.20. The van der Waals surface area contributed by atoms with E-state index in [2.05, 4.69) is 35.6 Å². The topological polar surface area (TPSA) is 106 Å². The maximum atomic E-state index is 14.3. The van der Waals surface area contributed by atoms with Crippen molar-refractivity contribution in [3.8, 4) is 11.3 Å². The van der Waals surface area contributed by atoms with Crippen LogP contribution in [-0.4, -0.2) is 44.4 Å². The minimum absolute atomic E-state index is 0. The van der Waals surface area contributed by atoms with Crippen molar-refractivity contribution >= 4 is 36.1 Å². The molecule has 0 radical (unpaired) electrons. The fraction of sp³-hybridized carbons (Fsp3) is 0.250. The molecule has 0 aliphatic heterocycles. The van der Waals surface area contributed by atoms with E-state index < -0.39 is 11.7 Å². The number of aryl methyl sites for hydroxylation is 1. The summed E-state index contributed by atoms with van der Waals surface area (Å²) in [6, 6.07) is 7.30. The van der Waals surface area contributed by atoms with Gasteiger partial charge in [0.15, 0.2) is 5.82 Å². The maximum Gasteiger partial charge on any atom is 0.254 e. The fourth-order valence-corrected chi connectivity index (χ4v) is 3.62. The first kappa shape index (κ1) is 25.0. The number of hydrogen-bond donors (Lipinski definition) is 2. The highest BCUT2D eigenvalue weighted by atomic mass is 32.1. The number of hydrogen-bond acceptors (Lipinski definition) is 7. The number of anilines is 1. The van der Waals surface area contributed by atoms with Gasteiger partial charge in [0.1, 0.15) is 18.0 Å². The third-order valence-electron chi connectivity index (χ3n) is 5.44. The summed E-state index contributed by atoms with van der Waals surface area (Å²) in [4.78, 5) is 33.8. The van der Waals surface area contributed by atoms with Crippen LogP contribution in [0.25, 0.3) is 22.2 Å². The Balaban J connectivity index is 0.00000324. The van der Waals surface area contributed by atoms with Crippen LogP contribution in [0, 0.1) is 5.82 Å². The molecule has 4 aromatic rings. The zero-order chi connectivity index (χ0) is 23.4. The average molecular weight is 480 g/mol. The molecule has 0 fully saturated rings. The highest BCUT2D eigenvalue weighted by Crippen LogP contribution is 2.28. The van der Waals surface area contributed by atoms with Gasteiger partial charge in [-0.3, -0.25) is 9.78 Å². The molecule has 3 heterocycles. The van der Waals surface area contributed by atoms with Crippen molar-refractivity contribution in [1.29, 1.82) is 0 Å². The zero-order valence-corrected chi connectivity index (χ0v) is 20.1. The van der Waals surface area contributed by atoms with E-state index in [0.29, 0.717) is 23.3 Å². The Hall–Kier alpha value is -3.66. The quantitative estimate of drug-likeness (QED) is 0.414. The third kappa shape index (κ3) is 5.12. The van der Waals surface area contributed by atoms with Gasteiger partial charge in [-0.25, -0.2) is 24.3 Å². The van der Waals surface area contributed by atoms with Crippen molar-refractivity contribution in [1.82, 2.24) is 30.2 Å². The number of nitrogens with zero attached hydrogens (tertiary/aromatic N) is 5. The number of carbonyl (C=O) groups excluding carboxylic acids is 1. The smallest absolute Gasteiger partial charge is 0.254 e. The second kappa shape index (κ2) is 11.0. The maximum absolute atomic E-state index is 14.3. The van der Waals surface area contributed by atoms with E-state index in [-0.39, 0.29) is 25.0 Å². The van der Waals surface area contributed by atoms with Gasteiger partial charge in [0.2, 0.25) is 0 Å². The lowest BCUT2D eigenvalue weighted by molar-refractivity contribution is 0.0960. The molecule has 176 valence electrons. The van der Waals surface area contributed by atoms with E-state index in [1.807, 2.05) is 32.0 Å². The minimum atomic E-state index is -0.644. The molecule has 3 aromatic heterocycles. The molecule has 1 atom stereocenters. The molecule has 0 aliphatic rings. The normalized spacial score (nSPS) is 11.5. The zero-order valence-electron chi connectivity index (χ0n) is 19.1. The fourth-order valence-electron chi connectivity index (χ4n) is 3.62. The molecule has 10 heteroatoms. The van der Waals surface area contributed by atoms with Gasteiger partial charge in [-0.15, -0.1) is 0 Å². The first-order valence-corrected chi connectivity index (χ1v) is 10.7. The number of fused-ring (bicyclic) bond motifs is 1. The van der Waals surface area contributed by atoms with Gasteiger partial charge in [-0.1, -0.05) is 32.0 Å². The average Bonchev–Trinajstić information content (AvgIpc) is 2.86. The van der Waals surface area contributed by atoms with Gasteiger partial charge in [0.05, 0.1) is 23.0 Å². The molecule has 34 heavy (non-hydrogen) atoms. The Morgan fingerprint density at radius 3 is 2.56 bits per heavy atom. The van der Waals surface area contributed by atoms with Gasteiger partial charge in [-0.2, -0.15) is 13.5 Å². The number of nitrogens with one attached hydrogen (secondary N) is 2. The largest absolute Gasteiger partial charge is 0.369 e. The number of para-hydroxylation sites is 1. The highest BCUT2D eigenvalue weighted by molar-refractivity contribution is 7.59. The summed E-state index contributed by atoms with van der Waals surface area (Å²) in [5.74, 6) is 0.330. The Morgan fingerprint density at radius 1 is 1.09 bits per heavy atom. The predicted molar refractivity (Wildman–Crippen MR) is 135 cm³/mol. The number of halogens is 1. The van der Waals surface area contributed by atoms with Gasteiger partial charge >= 0.3 is 0 Å². The summed E-state index contributed by atoms with van der Waals surface area (Å²) >= 11 is 0. The first-order chi connectivity index (χ1) is 16.0. The van der Waals surface area contributed by atoms with Crippen LogP contribution in [0.4, 0.5) is 10.2 Å². The standard InChI is InChI=1S/C24H24FN7O.H2S/c1-4-20-28-10-15(11-29-20)19-8-21(32-13-31-19)27-9-14(2)16-6-5-7-17-22(24(33)26-3)18(25)12-30-23(16)17;/h5-8,10-14H,4,9H2,1-3H3,(H,26,33)(H,27,31,32);1H2/t14-;/m1./s1. The molecule has 0 saturated heterocycles. The monoisotopic (exact) mass is 479 g/mol. The summed E-state index contributed by atoms with van der Waals surface area (Å²) in [6.07, 6.45) is 6.87. The van der Waals surface area contributed by atoms with Crippen LogP contribution in [0.1, 0.15) is 41.5 Å². The van der Waals surface area contributed by atoms with Crippen LogP contribution >= 0.6 is 13.5 Å². The molecular weight excluding hydrogens is 453 g/mol. The van der Waals surface area contributed by atoms with Crippen LogP contribution in [0.2, 0.25) is 0 Å². The lowest BCUT2D eigenvalue weighted by Gasteiger charge is -2.17. The van der Waals surface area contributed by atoms with Gasteiger partial charge < -0.3 is 10.6 Å². The summed E-state index contributed by atoms with van der Waals surface area (Å²) in [6.45, 7) is 4.59. The summed E-state index contributed by atoms with van der Waals surface area (Å²) in [5.41, 5.74) is 3.04. The Kier molecular flexibility index (Phi) is 8.06. The Morgan fingerprint density at radius 2 is 1.85 bits per heavy atom. The van der Waals surface area contributed by atoms with Crippen molar-refractivity contribution < 1.29 is 9.18 Å². The molecule has 2 N–H and O–H groups in total. The lowest BCUT2D eigenvalue weighted by atomic mass is 9.96. The number of aromatic nitrogens is 5. The van der Waals surface area contributed by atoms with Crippen LogP contribution < -0.4 is 10.6 Å². The van der Waals surface area contributed by atoms with Crippen LogP contribution in [0.3, 0.4) is 0 Å². The van der Waals surface area contributed by atoms with Gasteiger partial charge in [0.25, 0.3) is 5.91 Å². The molecule has 0 spiro atoms. The molecule has 8 nitrogen and oxygen atoms in total. The summed E-state index contributed by atoms with van der Waals surface area (Å²) in [7, 11) is 1.48. The number of amides is 1. The van der Waals surface area contributed by atoms with Crippen LogP contribution in [0.5, 0.6) is 0 Å². The van der Waals surface area contributed by atoms with E-state index >= 15 is 0 Å². The van der Waals surface area contributed by atoms with Crippen molar-refractivity contribution in [3.63, 3.8) is 0 Å². The van der Waals surface area contributed by atoms with Gasteiger partial charge in [-0.05, 0) is 5.56 Å². The summed E-state index contributed by atoms with van der Waals surface area (Å²) < 4.78 is 14.3. The van der Waals surface area contributed by atoms with Gasteiger partial charge in [0, 0.05) is 55.3 Å². The highest BCUT2D eigenvalue weighted by Gasteiger charge is 2.19. The second-order valence-corrected chi connectivity index (χ2v) is 7.62. The number of pyridine rings is 1. The third-order valence-corrected chi connectivity index (χ3v) is 5.44. The van der Waals surface area contributed by atoms with Crippen molar-refractivity contribution in [3.05, 3.63) is 72.0 Å². The van der Waals surface area contributed by atoms with E-state index in [1.54, 1.807) is 18.5 Å². The predicted octanol–water partition coefficient (Wildman–Crippen LogP) is 3.87. The molecule has 0 unspecified atom stereocenters. The molecule has 4 rings (SSSR count). The van der Waals surface area contributed by atoms with E-state index in [0.717, 1.165) is 35.3 Å². The van der Waals surface area contributed by atoms with Crippen molar-refractivity contribution in [2.75, 3.05) is 18.9 Å². The minimum Gasteiger partial charge on any atom is -0.369 e. The summed E-state index contributed by atoms with van der Waals surface area (Å²) in [5, 5.41) is 6.30. The molecule has 0 saturated carbocycles. The SMILES string of the molecule is CCc1ncc(-c2cc(NC[C@@H](C)c3cccc4c(C(=O)NC)c(F)cnc34)ncn2)cn1.S. The van der Waals surface area contributed by atoms with E-state index in [1.165, 1.54) is 13.4 Å². The number of rotatable bonds is 7. The van der Waals surface area contributed by atoms with Crippen LogP contribution in [0.15, 0.2) is 49.2 Å². The number of carbonyl (C=O) groups is 1. The van der Waals surface area contributed by atoms with E-state index in [4.69, 9.17) is 0 Å². The Labute approximate surface area is 203 Å². The van der Waals surface area contributed by atoms with Crippen molar-refractivity contribution in [2.45, 2.75) is 26.2 Å². The molecule has 0 bridgehead atoms. The number of benzene rings is 1. The Bertz CT molecular complexity index is 1300. The molecule has 0 aliphatic carbocycles. The second-order valence-electron chi connectivity index (χ2n) is 7.62. The molecule has 1 aromatic carbocycles. The first-order valence-electron chi connectivity index (χ1n) is 10.7. The molecule has 1 amide bonds. The van der Waals surface area contributed by atoms with E-state index in [9.17, 15) is 9.18 Å². The van der Waals surface area contributed by atoms with Crippen LogP contribution in [-0.2, 0) is 6.42 Å². The molecular formula is C24H26FN7OS. The van der Waals surface area contributed by atoms with Crippen molar-refractivity contribution in [2.24, 2.45) is 0 Å².